The van der Waals surface area contributed by atoms with Gasteiger partial charge in [-0.1, -0.05) is 30.3 Å². The van der Waals surface area contributed by atoms with Crippen molar-refractivity contribution < 1.29 is 13.2 Å². The number of Topliss-reactive ketones (excluding diaryl/α,β-unsaturated/α-hetero) is 1. The molecule has 0 N–H and O–H groups in total. The lowest BCUT2D eigenvalue weighted by atomic mass is 9.82. The van der Waals surface area contributed by atoms with E-state index in [1.54, 1.807) is 6.07 Å². The molecular weight excluding hydrogens is 274 g/mol. The summed E-state index contributed by atoms with van der Waals surface area (Å²) in [6.07, 6.45) is 3.64. The highest BCUT2D eigenvalue weighted by Crippen LogP contribution is 2.33. The molecule has 104 valence electrons. The highest BCUT2D eigenvalue weighted by molar-refractivity contribution is 7.89. The summed E-state index contributed by atoms with van der Waals surface area (Å²) in [5.41, 5.74) is 2.23. The Bertz CT molecular complexity index is 760. The quantitative estimate of drug-likeness (QED) is 0.851. The van der Waals surface area contributed by atoms with E-state index in [0.717, 1.165) is 11.8 Å². The second-order valence-corrected chi connectivity index (χ2v) is 7.03. The standard InChI is InChI=1S/C15H15NO3S/c1-20(18,19)16-8-7-13-14(16)9-12(10-15(13)17)11-5-3-2-4-6-11/h2-8,12H,9-10H2,1H3. The summed E-state index contributed by atoms with van der Waals surface area (Å²) in [6.45, 7) is 0. The summed E-state index contributed by atoms with van der Waals surface area (Å²) in [5.74, 6) is 0.0640. The SMILES string of the molecule is CS(=O)(=O)n1ccc2c1CC(c1ccccc1)CC2=O. The fourth-order valence-electron chi connectivity index (χ4n) is 2.81. The maximum atomic E-state index is 12.2. The smallest absolute Gasteiger partial charge is 0.235 e. The minimum atomic E-state index is -3.37. The zero-order chi connectivity index (χ0) is 14.3. The topological polar surface area (TPSA) is 56.1 Å². The van der Waals surface area contributed by atoms with E-state index in [2.05, 4.69) is 0 Å². The van der Waals surface area contributed by atoms with Crippen molar-refractivity contribution >= 4 is 15.8 Å². The van der Waals surface area contributed by atoms with Crippen LogP contribution >= 0.6 is 0 Å². The van der Waals surface area contributed by atoms with E-state index in [1.165, 1.54) is 10.2 Å². The van der Waals surface area contributed by atoms with Crippen LogP contribution in [0.5, 0.6) is 0 Å². The number of aromatic nitrogens is 1. The normalized spacial score (nSPS) is 18.9. The van der Waals surface area contributed by atoms with Crippen molar-refractivity contribution in [1.82, 2.24) is 3.97 Å². The van der Waals surface area contributed by atoms with Crippen LogP contribution in [0.3, 0.4) is 0 Å². The van der Waals surface area contributed by atoms with Crippen molar-refractivity contribution in [3.8, 4) is 0 Å². The Morgan fingerprint density at radius 2 is 1.80 bits per heavy atom. The molecule has 1 atom stereocenters. The fourth-order valence-corrected chi connectivity index (χ4v) is 3.67. The molecule has 1 aliphatic carbocycles. The van der Waals surface area contributed by atoms with Crippen LogP contribution in [-0.4, -0.2) is 24.4 Å². The molecule has 0 saturated heterocycles. The molecule has 1 heterocycles. The lowest BCUT2D eigenvalue weighted by Gasteiger charge is -2.23. The maximum Gasteiger partial charge on any atom is 0.235 e. The molecule has 5 heteroatoms. The molecular formula is C15H15NO3S. The molecule has 0 spiro atoms. The molecule has 1 aliphatic rings. The van der Waals surface area contributed by atoms with Crippen LogP contribution in [-0.2, 0) is 16.4 Å². The van der Waals surface area contributed by atoms with Crippen molar-refractivity contribution in [2.45, 2.75) is 18.8 Å². The van der Waals surface area contributed by atoms with E-state index >= 15 is 0 Å². The van der Waals surface area contributed by atoms with Gasteiger partial charge in [0.2, 0.25) is 10.0 Å². The van der Waals surface area contributed by atoms with Gasteiger partial charge in [-0.25, -0.2) is 12.4 Å². The van der Waals surface area contributed by atoms with Gasteiger partial charge < -0.3 is 0 Å². The first kappa shape index (κ1) is 13.1. The summed E-state index contributed by atoms with van der Waals surface area (Å²) < 4.78 is 24.8. The Morgan fingerprint density at radius 1 is 1.10 bits per heavy atom. The zero-order valence-electron chi connectivity index (χ0n) is 11.1. The van der Waals surface area contributed by atoms with E-state index in [1.807, 2.05) is 30.3 Å². The summed E-state index contributed by atoms with van der Waals surface area (Å²) in [5, 5.41) is 0. The Balaban J connectivity index is 2.06. The maximum absolute atomic E-state index is 12.2. The molecule has 0 amide bonds. The lowest BCUT2D eigenvalue weighted by molar-refractivity contribution is 0.0964. The number of benzene rings is 1. The van der Waals surface area contributed by atoms with Gasteiger partial charge >= 0.3 is 0 Å². The third-order valence-electron chi connectivity index (χ3n) is 3.75. The van der Waals surface area contributed by atoms with Gasteiger partial charge in [0.05, 0.1) is 6.26 Å². The van der Waals surface area contributed by atoms with E-state index in [0.29, 0.717) is 24.1 Å². The van der Waals surface area contributed by atoms with Crippen LogP contribution in [0.1, 0.15) is 34.0 Å². The molecule has 20 heavy (non-hydrogen) atoms. The Kier molecular flexibility index (Phi) is 3.01. The van der Waals surface area contributed by atoms with Gasteiger partial charge in [-0.05, 0) is 24.0 Å². The number of carbonyl (C=O) groups excluding carboxylic acids is 1. The molecule has 1 aromatic carbocycles. The van der Waals surface area contributed by atoms with Crippen molar-refractivity contribution in [1.29, 1.82) is 0 Å². The molecule has 0 saturated carbocycles. The van der Waals surface area contributed by atoms with Gasteiger partial charge in [-0.15, -0.1) is 0 Å². The van der Waals surface area contributed by atoms with Crippen molar-refractivity contribution in [2.75, 3.05) is 6.26 Å². The first-order valence-electron chi connectivity index (χ1n) is 6.46. The largest absolute Gasteiger partial charge is 0.294 e. The van der Waals surface area contributed by atoms with Crippen LogP contribution in [0.15, 0.2) is 42.6 Å². The van der Waals surface area contributed by atoms with Crippen LogP contribution in [0, 0.1) is 0 Å². The van der Waals surface area contributed by atoms with Gasteiger partial charge in [-0.3, -0.25) is 4.79 Å². The van der Waals surface area contributed by atoms with Crippen molar-refractivity contribution in [3.05, 3.63) is 59.4 Å². The zero-order valence-corrected chi connectivity index (χ0v) is 11.9. The Labute approximate surface area is 118 Å². The van der Waals surface area contributed by atoms with Crippen LogP contribution in [0.4, 0.5) is 0 Å². The summed E-state index contributed by atoms with van der Waals surface area (Å²) in [4.78, 5) is 12.2. The van der Waals surface area contributed by atoms with Gasteiger partial charge in [0.25, 0.3) is 0 Å². The first-order chi connectivity index (χ1) is 9.47. The molecule has 0 fully saturated rings. The summed E-state index contributed by atoms with van der Waals surface area (Å²) in [7, 11) is -3.37. The van der Waals surface area contributed by atoms with Crippen LogP contribution < -0.4 is 0 Å². The molecule has 0 radical (unpaired) electrons. The summed E-state index contributed by atoms with van der Waals surface area (Å²) >= 11 is 0. The summed E-state index contributed by atoms with van der Waals surface area (Å²) in [6, 6.07) is 11.4. The minimum absolute atomic E-state index is 0.0162. The van der Waals surface area contributed by atoms with E-state index in [4.69, 9.17) is 0 Å². The molecule has 3 rings (SSSR count). The average molecular weight is 289 g/mol. The molecule has 0 bridgehead atoms. The Hall–Kier alpha value is -1.88. The number of carbonyl (C=O) groups is 1. The van der Waals surface area contributed by atoms with Crippen molar-refractivity contribution in [3.63, 3.8) is 0 Å². The predicted molar refractivity (Wildman–Crippen MR) is 76.5 cm³/mol. The predicted octanol–water partition coefficient (Wildman–Crippen LogP) is 2.21. The first-order valence-corrected chi connectivity index (χ1v) is 8.30. The van der Waals surface area contributed by atoms with E-state index < -0.39 is 10.0 Å². The highest BCUT2D eigenvalue weighted by Gasteiger charge is 2.30. The highest BCUT2D eigenvalue weighted by atomic mass is 32.2. The Morgan fingerprint density at radius 3 is 2.45 bits per heavy atom. The average Bonchev–Trinajstić information content (AvgIpc) is 2.84. The number of nitrogens with zero attached hydrogens (tertiary/aromatic N) is 1. The third kappa shape index (κ3) is 2.18. The molecule has 1 unspecified atom stereocenters. The van der Waals surface area contributed by atoms with Crippen LogP contribution in [0.2, 0.25) is 0 Å². The molecule has 0 aliphatic heterocycles. The van der Waals surface area contributed by atoms with Gasteiger partial charge in [0.1, 0.15) is 0 Å². The van der Waals surface area contributed by atoms with Crippen molar-refractivity contribution in [2.24, 2.45) is 0 Å². The molecule has 1 aromatic heterocycles. The number of rotatable bonds is 2. The second kappa shape index (κ2) is 4.59. The van der Waals surface area contributed by atoms with Gasteiger partial charge in [0.15, 0.2) is 5.78 Å². The van der Waals surface area contributed by atoms with E-state index in [9.17, 15) is 13.2 Å². The third-order valence-corrected chi connectivity index (χ3v) is 4.81. The fraction of sp³-hybridized carbons (Fsp3) is 0.267. The molecule has 4 nitrogen and oxygen atoms in total. The number of hydrogen-bond acceptors (Lipinski definition) is 3. The minimum Gasteiger partial charge on any atom is -0.294 e. The van der Waals surface area contributed by atoms with E-state index in [-0.39, 0.29) is 11.7 Å². The monoisotopic (exact) mass is 289 g/mol. The number of hydrogen-bond donors (Lipinski definition) is 0. The second-order valence-electron chi connectivity index (χ2n) is 5.17. The van der Waals surface area contributed by atoms with Gasteiger partial charge in [0, 0.05) is 23.9 Å². The lowest BCUT2D eigenvalue weighted by Crippen LogP contribution is -2.22. The number of fused-ring (bicyclic) bond motifs is 1. The molecule has 2 aromatic rings. The number of ketones is 1. The van der Waals surface area contributed by atoms with Crippen LogP contribution in [0.25, 0.3) is 0 Å². The van der Waals surface area contributed by atoms with Gasteiger partial charge in [-0.2, -0.15) is 0 Å².